The lowest BCUT2D eigenvalue weighted by Gasteiger charge is -2.17. The number of benzene rings is 1. The molecule has 6 heteroatoms. The molecule has 0 fully saturated rings. The lowest BCUT2D eigenvalue weighted by atomic mass is 9.96. The van der Waals surface area contributed by atoms with Crippen LogP contribution in [0.2, 0.25) is 10.0 Å². The average molecular weight is 310 g/mol. The Hall–Kier alpha value is -1.52. The van der Waals surface area contributed by atoms with Gasteiger partial charge in [0.05, 0.1) is 10.0 Å². The highest BCUT2D eigenvalue weighted by Crippen LogP contribution is 2.41. The number of hydrogen-bond acceptors (Lipinski definition) is 3. The maximum atomic E-state index is 6.38. The van der Waals surface area contributed by atoms with E-state index in [9.17, 15) is 0 Å². The topological polar surface area (TPSA) is 39.9 Å². The Morgan fingerprint density at radius 1 is 1.45 bits per heavy atom. The first-order valence-corrected chi connectivity index (χ1v) is 7.04. The molecule has 0 N–H and O–H groups in total. The van der Waals surface area contributed by atoms with Crippen LogP contribution in [0.5, 0.6) is 5.75 Å². The van der Waals surface area contributed by atoms with Crippen LogP contribution in [0.4, 0.5) is 0 Å². The van der Waals surface area contributed by atoms with Crippen molar-refractivity contribution in [2.45, 2.75) is 18.9 Å². The Balaban J connectivity index is 1.97. The molecular weight excluding hydrogens is 297 g/mol. The van der Waals surface area contributed by atoms with Gasteiger partial charge in [0.1, 0.15) is 24.5 Å². The lowest BCUT2D eigenvalue weighted by Crippen LogP contribution is -2.06. The van der Waals surface area contributed by atoms with Gasteiger partial charge in [-0.25, -0.2) is 0 Å². The number of aromatic nitrogens is 3. The van der Waals surface area contributed by atoms with Crippen molar-refractivity contribution in [3.63, 3.8) is 0 Å². The normalized spacial score (nSPS) is 17.0. The fourth-order valence-corrected chi connectivity index (χ4v) is 2.98. The summed E-state index contributed by atoms with van der Waals surface area (Å²) in [6.07, 6.45) is 4.22. The van der Waals surface area contributed by atoms with E-state index in [1.165, 1.54) is 0 Å². The van der Waals surface area contributed by atoms with Crippen LogP contribution in [-0.2, 0) is 13.0 Å². The van der Waals surface area contributed by atoms with Crippen molar-refractivity contribution in [1.82, 2.24) is 14.8 Å². The molecule has 0 spiro atoms. The quantitative estimate of drug-likeness (QED) is 0.812. The summed E-state index contributed by atoms with van der Waals surface area (Å²) in [5.74, 6) is 1.91. The summed E-state index contributed by atoms with van der Waals surface area (Å²) in [5.41, 5.74) is 0.937. The molecule has 1 aromatic heterocycles. The van der Waals surface area contributed by atoms with E-state index in [0.29, 0.717) is 16.7 Å². The molecule has 3 rings (SSSR count). The zero-order chi connectivity index (χ0) is 14.1. The van der Waals surface area contributed by atoms with Crippen molar-refractivity contribution >= 4 is 23.2 Å². The Bertz CT molecular complexity index is 633. The molecule has 1 aromatic carbocycles. The van der Waals surface area contributed by atoms with E-state index in [-0.39, 0.29) is 5.92 Å². The van der Waals surface area contributed by atoms with Crippen LogP contribution >= 0.6 is 23.2 Å². The molecule has 0 aliphatic carbocycles. The fourth-order valence-electron chi connectivity index (χ4n) is 2.51. The van der Waals surface area contributed by atoms with Crippen molar-refractivity contribution in [3.8, 4) is 5.75 Å². The second-order valence-electron chi connectivity index (χ2n) is 4.67. The fraction of sp³-hybridized carbons (Fsp3) is 0.286. The number of rotatable bonds is 4. The van der Waals surface area contributed by atoms with Crippen LogP contribution in [0.1, 0.15) is 17.3 Å². The number of ether oxygens (including phenoxy) is 1. The van der Waals surface area contributed by atoms with Crippen LogP contribution in [0.15, 0.2) is 31.1 Å². The van der Waals surface area contributed by atoms with Gasteiger partial charge < -0.3 is 9.30 Å². The van der Waals surface area contributed by atoms with Crippen molar-refractivity contribution in [2.75, 3.05) is 6.61 Å². The molecule has 0 amide bonds. The SMILES string of the molecule is C=CCOc1ccc(Cl)c(Cl)c1C1Cc2nncn2C1. The monoisotopic (exact) mass is 309 g/mol. The summed E-state index contributed by atoms with van der Waals surface area (Å²) >= 11 is 12.5. The van der Waals surface area contributed by atoms with E-state index in [1.807, 2.05) is 10.6 Å². The van der Waals surface area contributed by atoms with E-state index >= 15 is 0 Å². The summed E-state index contributed by atoms with van der Waals surface area (Å²) in [5, 5.41) is 9.08. The van der Waals surface area contributed by atoms with Crippen LogP contribution in [0.3, 0.4) is 0 Å². The second-order valence-corrected chi connectivity index (χ2v) is 5.46. The van der Waals surface area contributed by atoms with E-state index in [4.69, 9.17) is 27.9 Å². The summed E-state index contributed by atoms with van der Waals surface area (Å²) in [4.78, 5) is 0. The standard InChI is InChI=1S/C14H13Cl2N3O/c1-2-5-20-11-4-3-10(15)14(16)13(11)9-6-12-18-17-8-19(12)7-9/h2-4,8-9H,1,5-7H2. The van der Waals surface area contributed by atoms with Gasteiger partial charge in [0.25, 0.3) is 0 Å². The summed E-state index contributed by atoms with van der Waals surface area (Å²) in [7, 11) is 0. The molecule has 0 radical (unpaired) electrons. The average Bonchev–Trinajstić information content (AvgIpc) is 3.01. The zero-order valence-corrected chi connectivity index (χ0v) is 12.2. The molecule has 1 atom stereocenters. The lowest BCUT2D eigenvalue weighted by molar-refractivity contribution is 0.355. The molecule has 1 aliphatic rings. The molecule has 2 aromatic rings. The molecular formula is C14H13Cl2N3O. The molecule has 0 saturated heterocycles. The Morgan fingerprint density at radius 2 is 2.30 bits per heavy atom. The second kappa shape index (κ2) is 5.46. The van der Waals surface area contributed by atoms with Gasteiger partial charge in [-0.3, -0.25) is 0 Å². The highest BCUT2D eigenvalue weighted by atomic mass is 35.5. The van der Waals surface area contributed by atoms with Crippen LogP contribution in [0, 0.1) is 0 Å². The minimum absolute atomic E-state index is 0.200. The molecule has 1 unspecified atom stereocenters. The third-order valence-corrected chi connectivity index (χ3v) is 4.22. The molecule has 2 heterocycles. The smallest absolute Gasteiger partial charge is 0.133 e. The van der Waals surface area contributed by atoms with Crippen molar-refractivity contribution in [1.29, 1.82) is 0 Å². The van der Waals surface area contributed by atoms with E-state index < -0.39 is 0 Å². The predicted octanol–water partition coefficient (Wildman–Crippen LogP) is 3.49. The van der Waals surface area contributed by atoms with Gasteiger partial charge in [0.15, 0.2) is 0 Å². The van der Waals surface area contributed by atoms with Crippen molar-refractivity contribution in [3.05, 3.63) is 52.5 Å². The van der Waals surface area contributed by atoms with Gasteiger partial charge in [0, 0.05) is 24.4 Å². The van der Waals surface area contributed by atoms with Crippen LogP contribution in [0.25, 0.3) is 0 Å². The molecule has 0 saturated carbocycles. The van der Waals surface area contributed by atoms with Crippen LogP contribution < -0.4 is 4.74 Å². The summed E-state index contributed by atoms with van der Waals surface area (Å²) in [6, 6.07) is 3.60. The summed E-state index contributed by atoms with van der Waals surface area (Å²) in [6.45, 7) is 4.88. The number of nitrogens with zero attached hydrogens (tertiary/aromatic N) is 3. The summed E-state index contributed by atoms with van der Waals surface area (Å²) < 4.78 is 7.73. The first-order chi connectivity index (χ1) is 9.70. The number of fused-ring (bicyclic) bond motifs is 1. The third kappa shape index (κ3) is 2.30. The first-order valence-electron chi connectivity index (χ1n) is 6.29. The predicted molar refractivity (Wildman–Crippen MR) is 78.6 cm³/mol. The molecule has 20 heavy (non-hydrogen) atoms. The maximum Gasteiger partial charge on any atom is 0.133 e. The van der Waals surface area contributed by atoms with Gasteiger partial charge in [-0.15, -0.1) is 10.2 Å². The molecule has 0 bridgehead atoms. The molecule has 1 aliphatic heterocycles. The van der Waals surface area contributed by atoms with Gasteiger partial charge in [0.2, 0.25) is 0 Å². The maximum absolute atomic E-state index is 6.38. The van der Waals surface area contributed by atoms with E-state index in [2.05, 4.69) is 16.8 Å². The number of halogens is 2. The van der Waals surface area contributed by atoms with Gasteiger partial charge in [-0.1, -0.05) is 35.9 Å². The largest absolute Gasteiger partial charge is 0.489 e. The van der Waals surface area contributed by atoms with Crippen LogP contribution in [-0.4, -0.2) is 21.4 Å². The van der Waals surface area contributed by atoms with Gasteiger partial charge in [-0.2, -0.15) is 0 Å². The van der Waals surface area contributed by atoms with Gasteiger partial charge >= 0.3 is 0 Å². The minimum atomic E-state index is 0.200. The highest BCUT2D eigenvalue weighted by Gasteiger charge is 2.29. The number of hydrogen-bond donors (Lipinski definition) is 0. The first kappa shape index (κ1) is 13.5. The molecule has 104 valence electrons. The minimum Gasteiger partial charge on any atom is -0.489 e. The van der Waals surface area contributed by atoms with Gasteiger partial charge in [-0.05, 0) is 12.1 Å². The highest BCUT2D eigenvalue weighted by molar-refractivity contribution is 6.42. The van der Waals surface area contributed by atoms with Crippen molar-refractivity contribution < 1.29 is 4.74 Å². The van der Waals surface area contributed by atoms with E-state index in [0.717, 1.165) is 30.1 Å². The van der Waals surface area contributed by atoms with E-state index in [1.54, 1.807) is 18.5 Å². The molecule has 4 nitrogen and oxygen atoms in total. The Kier molecular flexibility index (Phi) is 3.68. The zero-order valence-electron chi connectivity index (χ0n) is 10.7. The third-order valence-electron chi connectivity index (χ3n) is 3.40. The van der Waals surface area contributed by atoms with Crippen molar-refractivity contribution in [2.24, 2.45) is 0 Å². The Morgan fingerprint density at radius 3 is 3.05 bits per heavy atom. The Labute approximate surface area is 127 Å².